The molecule has 18 heavy (non-hydrogen) atoms. The van der Waals surface area contributed by atoms with Gasteiger partial charge in [0.2, 0.25) is 0 Å². The average molecular weight is 251 g/mol. The Morgan fingerprint density at radius 1 is 1.44 bits per heavy atom. The normalized spacial score (nSPS) is 32.4. The molecule has 2 saturated heterocycles. The van der Waals surface area contributed by atoms with Crippen molar-refractivity contribution in [1.29, 1.82) is 0 Å². The highest BCUT2D eigenvalue weighted by Crippen LogP contribution is 2.40. The molecule has 102 valence electrons. The lowest BCUT2D eigenvalue weighted by Crippen LogP contribution is -2.44. The van der Waals surface area contributed by atoms with E-state index in [2.05, 4.69) is 31.6 Å². The summed E-state index contributed by atoms with van der Waals surface area (Å²) >= 11 is 0. The van der Waals surface area contributed by atoms with Crippen molar-refractivity contribution in [3.05, 3.63) is 0 Å². The number of nitrogens with zero attached hydrogens (tertiary/aromatic N) is 1. The third-order valence-corrected chi connectivity index (χ3v) is 3.95. The van der Waals surface area contributed by atoms with Crippen molar-refractivity contribution in [3.8, 4) is 12.3 Å². The Morgan fingerprint density at radius 3 is 2.89 bits per heavy atom. The minimum absolute atomic E-state index is 0.0687. The van der Waals surface area contributed by atoms with E-state index in [1.807, 2.05) is 0 Å². The second-order valence-corrected chi connectivity index (χ2v) is 6.52. The Morgan fingerprint density at radius 2 is 2.22 bits per heavy atom. The fraction of sp³-hybridized carbons (Fsp3) is 0.867. The molecule has 0 saturated carbocycles. The van der Waals surface area contributed by atoms with Gasteiger partial charge in [-0.2, -0.15) is 0 Å². The summed E-state index contributed by atoms with van der Waals surface area (Å²) in [6.07, 6.45) is 9.09. The predicted molar refractivity (Wildman–Crippen MR) is 72.4 cm³/mol. The lowest BCUT2D eigenvalue weighted by molar-refractivity contribution is -0.0531. The van der Waals surface area contributed by atoms with Crippen LogP contribution in [0, 0.1) is 12.3 Å². The van der Waals surface area contributed by atoms with Crippen LogP contribution < -0.4 is 0 Å². The van der Waals surface area contributed by atoms with Crippen LogP contribution in [0.1, 0.15) is 40.0 Å². The summed E-state index contributed by atoms with van der Waals surface area (Å²) in [7, 11) is 0. The van der Waals surface area contributed by atoms with Gasteiger partial charge in [-0.25, -0.2) is 0 Å². The van der Waals surface area contributed by atoms with Crippen LogP contribution in [0.25, 0.3) is 0 Å². The SMILES string of the molecule is C#CCO[C@@H]1CN2CCC[C@@]2(COC(C)(C)C)C1. The molecule has 2 fully saturated rings. The molecule has 3 heteroatoms. The van der Waals surface area contributed by atoms with Crippen molar-refractivity contribution in [2.75, 3.05) is 26.3 Å². The van der Waals surface area contributed by atoms with Crippen LogP contribution in [-0.2, 0) is 9.47 Å². The fourth-order valence-corrected chi connectivity index (χ4v) is 3.10. The Balaban J connectivity index is 1.94. The molecule has 0 N–H and O–H groups in total. The first kappa shape index (κ1) is 13.9. The van der Waals surface area contributed by atoms with Crippen LogP contribution in [0.5, 0.6) is 0 Å². The van der Waals surface area contributed by atoms with Gasteiger partial charge >= 0.3 is 0 Å². The van der Waals surface area contributed by atoms with Crippen LogP contribution in [-0.4, -0.2) is 48.4 Å². The first-order valence-corrected chi connectivity index (χ1v) is 6.89. The summed E-state index contributed by atoms with van der Waals surface area (Å²) in [6, 6.07) is 0. The zero-order valence-electron chi connectivity index (χ0n) is 11.9. The maximum atomic E-state index is 6.03. The Labute approximate surface area is 111 Å². The van der Waals surface area contributed by atoms with Crippen LogP contribution in [0.4, 0.5) is 0 Å². The van der Waals surface area contributed by atoms with Gasteiger partial charge in [-0.05, 0) is 46.6 Å². The molecule has 0 unspecified atom stereocenters. The Hall–Kier alpha value is -0.560. The zero-order chi connectivity index (χ0) is 13.2. The topological polar surface area (TPSA) is 21.7 Å². The number of ether oxygens (including phenoxy) is 2. The predicted octanol–water partition coefficient (Wildman–Crippen LogP) is 2.06. The molecule has 0 bridgehead atoms. The lowest BCUT2D eigenvalue weighted by atomic mass is 9.94. The summed E-state index contributed by atoms with van der Waals surface area (Å²) in [4.78, 5) is 2.54. The zero-order valence-corrected chi connectivity index (χ0v) is 11.9. The van der Waals surface area contributed by atoms with Crippen LogP contribution in [0.2, 0.25) is 0 Å². The van der Waals surface area contributed by atoms with Gasteiger partial charge in [0.25, 0.3) is 0 Å². The van der Waals surface area contributed by atoms with Crippen LogP contribution in [0.15, 0.2) is 0 Å². The molecular formula is C15H25NO2. The van der Waals surface area contributed by atoms with Gasteiger partial charge in [-0.15, -0.1) is 6.42 Å². The maximum Gasteiger partial charge on any atom is 0.107 e. The van der Waals surface area contributed by atoms with Gasteiger partial charge in [-0.3, -0.25) is 4.90 Å². The number of hydrogen-bond acceptors (Lipinski definition) is 3. The quantitative estimate of drug-likeness (QED) is 0.714. The highest BCUT2D eigenvalue weighted by molar-refractivity contribution is 5.04. The van der Waals surface area contributed by atoms with E-state index < -0.39 is 0 Å². The van der Waals surface area contributed by atoms with Crippen molar-refractivity contribution in [1.82, 2.24) is 4.90 Å². The van der Waals surface area contributed by atoms with Gasteiger partial charge in [0.05, 0.1) is 18.3 Å². The van der Waals surface area contributed by atoms with Crippen molar-refractivity contribution in [3.63, 3.8) is 0 Å². The number of fused-ring (bicyclic) bond motifs is 1. The van der Waals surface area contributed by atoms with Crippen molar-refractivity contribution in [2.24, 2.45) is 0 Å². The van der Waals surface area contributed by atoms with E-state index in [4.69, 9.17) is 15.9 Å². The van der Waals surface area contributed by atoms with E-state index in [1.54, 1.807) is 0 Å². The first-order valence-electron chi connectivity index (χ1n) is 6.89. The second kappa shape index (κ2) is 5.21. The minimum Gasteiger partial charge on any atom is -0.374 e. The van der Waals surface area contributed by atoms with E-state index in [-0.39, 0.29) is 17.2 Å². The number of rotatable bonds is 4. The summed E-state index contributed by atoms with van der Waals surface area (Å²) in [6.45, 7) is 9.76. The van der Waals surface area contributed by atoms with Crippen molar-refractivity contribution < 1.29 is 9.47 Å². The number of hydrogen-bond donors (Lipinski definition) is 0. The summed E-state index contributed by atoms with van der Waals surface area (Å²) in [5.74, 6) is 2.56. The third-order valence-electron chi connectivity index (χ3n) is 3.95. The van der Waals surface area contributed by atoms with Gasteiger partial charge < -0.3 is 9.47 Å². The van der Waals surface area contributed by atoms with Crippen molar-refractivity contribution in [2.45, 2.75) is 57.3 Å². The minimum atomic E-state index is -0.0687. The highest BCUT2D eigenvalue weighted by Gasteiger charge is 2.49. The molecule has 2 heterocycles. The molecule has 0 aliphatic carbocycles. The monoisotopic (exact) mass is 251 g/mol. The van der Waals surface area contributed by atoms with E-state index in [9.17, 15) is 0 Å². The first-order chi connectivity index (χ1) is 8.45. The second-order valence-electron chi connectivity index (χ2n) is 6.52. The highest BCUT2D eigenvalue weighted by atomic mass is 16.5. The molecule has 0 aromatic heterocycles. The lowest BCUT2D eigenvalue weighted by Gasteiger charge is -2.34. The standard InChI is InChI=1S/C15H25NO2/c1-5-9-17-13-10-15(12-18-14(2,3)4)7-6-8-16(15)11-13/h1,13H,6-12H2,2-4H3/t13-,15-/m0/s1. The number of terminal acetylenes is 1. The molecule has 0 aromatic carbocycles. The van der Waals surface area contributed by atoms with Gasteiger partial charge in [0.1, 0.15) is 6.61 Å². The van der Waals surface area contributed by atoms with E-state index in [1.165, 1.54) is 19.4 Å². The molecule has 2 aliphatic rings. The van der Waals surface area contributed by atoms with Gasteiger partial charge in [-0.1, -0.05) is 5.92 Å². The molecule has 2 rings (SSSR count). The van der Waals surface area contributed by atoms with Gasteiger partial charge in [0, 0.05) is 12.1 Å². The summed E-state index contributed by atoms with van der Waals surface area (Å²) in [5, 5.41) is 0. The van der Waals surface area contributed by atoms with Crippen molar-refractivity contribution >= 4 is 0 Å². The van der Waals surface area contributed by atoms with E-state index >= 15 is 0 Å². The summed E-state index contributed by atoms with van der Waals surface area (Å²) < 4.78 is 11.7. The van der Waals surface area contributed by atoms with Gasteiger partial charge in [0.15, 0.2) is 0 Å². The molecule has 0 aromatic rings. The van der Waals surface area contributed by atoms with Crippen LogP contribution in [0.3, 0.4) is 0 Å². The van der Waals surface area contributed by atoms with Crippen LogP contribution >= 0.6 is 0 Å². The molecular weight excluding hydrogens is 226 g/mol. The molecule has 2 aliphatic heterocycles. The molecule has 0 amide bonds. The Kier molecular flexibility index (Phi) is 4.01. The molecule has 2 atom stereocenters. The summed E-state index contributed by atoms with van der Waals surface area (Å²) in [5.41, 5.74) is 0.132. The molecule has 0 radical (unpaired) electrons. The molecule has 3 nitrogen and oxygen atoms in total. The van der Waals surface area contributed by atoms with E-state index in [0.717, 1.165) is 19.6 Å². The molecule has 0 spiro atoms. The maximum absolute atomic E-state index is 6.03. The smallest absolute Gasteiger partial charge is 0.107 e. The fourth-order valence-electron chi connectivity index (χ4n) is 3.10. The Bertz CT molecular complexity index is 328. The third kappa shape index (κ3) is 3.06. The average Bonchev–Trinajstić information content (AvgIpc) is 2.79. The largest absolute Gasteiger partial charge is 0.374 e. The van der Waals surface area contributed by atoms with E-state index in [0.29, 0.717) is 6.61 Å².